The summed E-state index contributed by atoms with van der Waals surface area (Å²) in [4.78, 5) is 3.88. The molecule has 1 heterocycles. The number of hydrogen-bond acceptors (Lipinski definition) is 3. The molecule has 3 heteroatoms. The lowest BCUT2D eigenvalue weighted by Crippen LogP contribution is -2.57. The van der Waals surface area contributed by atoms with Gasteiger partial charge in [-0.3, -0.25) is 0 Å². The first kappa shape index (κ1) is 16.7. The SMILES string of the molecule is CCCNC(CCc1cccs1)C(C)(CC)N(C)C. The number of nitrogens with zero attached hydrogens (tertiary/aromatic N) is 1. The maximum absolute atomic E-state index is 3.77. The van der Waals surface area contributed by atoms with E-state index in [1.165, 1.54) is 30.6 Å². The van der Waals surface area contributed by atoms with Gasteiger partial charge in [0.15, 0.2) is 0 Å². The molecule has 2 atom stereocenters. The van der Waals surface area contributed by atoms with Crippen molar-refractivity contribution in [2.75, 3.05) is 20.6 Å². The molecule has 110 valence electrons. The third kappa shape index (κ3) is 4.59. The molecule has 0 saturated heterocycles. The first-order chi connectivity index (χ1) is 9.04. The number of likely N-dealkylation sites (N-methyl/N-ethyl adjacent to an activating group) is 1. The van der Waals surface area contributed by atoms with Gasteiger partial charge in [0.05, 0.1) is 0 Å². The zero-order chi connectivity index (χ0) is 14.3. The fourth-order valence-electron chi connectivity index (χ4n) is 2.57. The van der Waals surface area contributed by atoms with Gasteiger partial charge in [0.1, 0.15) is 0 Å². The van der Waals surface area contributed by atoms with Crippen LogP contribution in [0.2, 0.25) is 0 Å². The summed E-state index contributed by atoms with van der Waals surface area (Å²) in [6.45, 7) is 8.03. The second kappa shape index (κ2) is 8.03. The highest BCUT2D eigenvalue weighted by molar-refractivity contribution is 7.09. The Labute approximate surface area is 123 Å². The Kier molecular flexibility index (Phi) is 7.05. The molecule has 1 N–H and O–H groups in total. The van der Waals surface area contributed by atoms with E-state index in [9.17, 15) is 0 Å². The number of aryl methyl sites for hydroxylation is 1. The van der Waals surface area contributed by atoms with Gasteiger partial charge in [-0.05, 0) is 64.7 Å². The van der Waals surface area contributed by atoms with Crippen LogP contribution in [0.15, 0.2) is 17.5 Å². The highest BCUT2D eigenvalue weighted by Gasteiger charge is 2.33. The Hall–Kier alpha value is -0.380. The van der Waals surface area contributed by atoms with Gasteiger partial charge in [-0.1, -0.05) is 19.9 Å². The molecule has 0 aromatic carbocycles. The number of hydrogen-bond donors (Lipinski definition) is 1. The summed E-state index contributed by atoms with van der Waals surface area (Å²) in [5.41, 5.74) is 0.229. The number of nitrogens with one attached hydrogen (secondary N) is 1. The molecule has 1 rings (SSSR count). The van der Waals surface area contributed by atoms with Crippen molar-refractivity contribution in [3.8, 4) is 0 Å². The lowest BCUT2D eigenvalue weighted by atomic mass is 9.85. The van der Waals surface area contributed by atoms with E-state index in [4.69, 9.17) is 0 Å². The van der Waals surface area contributed by atoms with Crippen LogP contribution in [0.4, 0.5) is 0 Å². The monoisotopic (exact) mass is 282 g/mol. The van der Waals surface area contributed by atoms with E-state index in [0.29, 0.717) is 6.04 Å². The van der Waals surface area contributed by atoms with Gasteiger partial charge in [-0.15, -0.1) is 11.3 Å². The fraction of sp³-hybridized carbons (Fsp3) is 0.750. The Bertz CT molecular complexity index is 335. The molecule has 2 unspecified atom stereocenters. The third-order valence-corrected chi connectivity index (χ3v) is 5.32. The maximum Gasteiger partial charge on any atom is 0.0325 e. The van der Waals surface area contributed by atoms with E-state index < -0.39 is 0 Å². The van der Waals surface area contributed by atoms with Crippen LogP contribution in [-0.2, 0) is 6.42 Å². The predicted octanol–water partition coefficient (Wildman–Crippen LogP) is 3.78. The summed E-state index contributed by atoms with van der Waals surface area (Å²) in [5, 5.41) is 5.94. The highest BCUT2D eigenvalue weighted by atomic mass is 32.1. The van der Waals surface area contributed by atoms with Crippen LogP contribution in [0.1, 0.15) is 44.9 Å². The summed E-state index contributed by atoms with van der Waals surface area (Å²) in [6, 6.07) is 4.95. The zero-order valence-corrected chi connectivity index (χ0v) is 14.0. The van der Waals surface area contributed by atoms with E-state index >= 15 is 0 Å². The fourth-order valence-corrected chi connectivity index (χ4v) is 3.29. The highest BCUT2D eigenvalue weighted by Crippen LogP contribution is 2.25. The Morgan fingerprint density at radius 1 is 1.37 bits per heavy atom. The summed E-state index contributed by atoms with van der Waals surface area (Å²) >= 11 is 1.87. The molecule has 1 aromatic rings. The van der Waals surface area contributed by atoms with Crippen LogP contribution >= 0.6 is 11.3 Å². The van der Waals surface area contributed by atoms with Crippen molar-refractivity contribution < 1.29 is 0 Å². The van der Waals surface area contributed by atoms with Crippen LogP contribution in [-0.4, -0.2) is 37.1 Å². The third-order valence-electron chi connectivity index (χ3n) is 4.39. The van der Waals surface area contributed by atoms with Crippen molar-refractivity contribution in [1.82, 2.24) is 10.2 Å². The average molecular weight is 282 g/mol. The van der Waals surface area contributed by atoms with E-state index in [1.807, 2.05) is 11.3 Å². The lowest BCUT2D eigenvalue weighted by molar-refractivity contribution is 0.108. The molecule has 0 radical (unpaired) electrons. The Morgan fingerprint density at radius 2 is 2.11 bits per heavy atom. The maximum atomic E-state index is 3.77. The largest absolute Gasteiger partial charge is 0.312 e. The molecule has 0 spiro atoms. The summed E-state index contributed by atoms with van der Waals surface area (Å²) < 4.78 is 0. The van der Waals surface area contributed by atoms with Crippen LogP contribution in [0.25, 0.3) is 0 Å². The van der Waals surface area contributed by atoms with Gasteiger partial charge in [0, 0.05) is 16.5 Å². The molecule has 0 aliphatic rings. The molecule has 0 bridgehead atoms. The normalized spacial score (nSPS) is 16.5. The first-order valence-electron chi connectivity index (χ1n) is 7.47. The molecular weight excluding hydrogens is 252 g/mol. The summed E-state index contributed by atoms with van der Waals surface area (Å²) in [5.74, 6) is 0. The quantitative estimate of drug-likeness (QED) is 0.741. The molecule has 0 aliphatic carbocycles. The number of thiophene rings is 1. The zero-order valence-electron chi connectivity index (χ0n) is 13.2. The Balaban J connectivity index is 2.69. The molecular formula is C16H30N2S. The minimum atomic E-state index is 0.229. The van der Waals surface area contributed by atoms with Crippen molar-refractivity contribution in [2.24, 2.45) is 0 Å². The second-order valence-electron chi connectivity index (χ2n) is 5.73. The molecule has 0 fully saturated rings. The van der Waals surface area contributed by atoms with Crippen molar-refractivity contribution in [3.63, 3.8) is 0 Å². The van der Waals surface area contributed by atoms with Crippen LogP contribution < -0.4 is 5.32 Å². The van der Waals surface area contributed by atoms with Crippen LogP contribution in [0, 0.1) is 0 Å². The van der Waals surface area contributed by atoms with Crippen molar-refractivity contribution in [2.45, 2.75) is 58.0 Å². The van der Waals surface area contributed by atoms with E-state index in [0.717, 1.165) is 6.54 Å². The molecule has 1 aromatic heterocycles. The minimum Gasteiger partial charge on any atom is -0.312 e. The molecule has 19 heavy (non-hydrogen) atoms. The smallest absolute Gasteiger partial charge is 0.0325 e. The predicted molar refractivity (Wildman–Crippen MR) is 87.1 cm³/mol. The minimum absolute atomic E-state index is 0.229. The van der Waals surface area contributed by atoms with E-state index in [-0.39, 0.29) is 5.54 Å². The van der Waals surface area contributed by atoms with Crippen molar-refractivity contribution in [1.29, 1.82) is 0 Å². The van der Waals surface area contributed by atoms with Gasteiger partial charge in [-0.2, -0.15) is 0 Å². The Morgan fingerprint density at radius 3 is 2.58 bits per heavy atom. The van der Waals surface area contributed by atoms with Crippen molar-refractivity contribution in [3.05, 3.63) is 22.4 Å². The standard InChI is InChI=1S/C16H30N2S/c1-6-12-17-15(16(3,7-2)18(4)5)11-10-14-9-8-13-19-14/h8-9,13,15,17H,6-7,10-12H2,1-5H3. The summed E-state index contributed by atoms with van der Waals surface area (Å²) in [6.07, 6.45) is 4.76. The number of rotatable bonds is 9. The van der Waals surface area contributed by atoms with Gasteiger partial charge >= 0.3 is 0 Å². The molecule has 0 amide bonds. The summed E-state index contributed by atoms with van der Waals surface area (Å²) in [7, 11) is 4.41. The van der Waals surface area contributed by atoms with Crippen molar-refractivity contribution >= 4 is 11.3 Å². The average Bonchev–Trinajstić information content (AvgIpc) is 2.91. The topological polar surface area (TPSA) is 15.3 Å². The van der Waals surface area contributed by atoms with Gasteiger partial charge in [-0.25, -0.2) is 0 Å². The van der Waals surface area contributed by atoms with Gasteiger partial charge in [0.25, 0.3) is 0 Å². The van der Waals surface area contributed by atoms with Crippen LogP contribution in [0.3, 0.4) is 0 Å². The molecule has 0 saturated carbocycles. The van der Waals surface area contributed by atoms with Gasteiger partial charge < -0.3 is 10.2 Å². The first-order valence-corrected chi connectivity index (χ1v) is 8.35. The lowest BCUT2D eigenvalue weighted by Gasteiger charge is -2.43. The van der Waals surface area contributed by atoms with E-state index in [1.54, 1.807) is 0 Å². The molecule has 0 aliphatic heterocycles. The van der Waals surface area contributed by atoms with Crippen LogP contribution in [0.5, 0.6) is 0 Å². The van der Waals surface area contributed by atoms with Gasteiger partial charge in [0.2, 0.25) is 0 Å². The molecule has 2 nitrogen and oxygen atoms in total. The second-order valence-corrected chi connectivity index (χ2v) is 6.76. The van der Waals surface area contributed by atoms with E-state index in [2.05, 4.69) is 62.6 Å².